The molecule has 3 rings (SSSR count). The first-order valence-corrected chi connectivity index (χ1v) is 6.52. The Morgan fingerprint density at radius 1 is 1.53 bits per heavy atom. The first-order chi connectivity index (χ1) is 8.16. The maximum Gasteiger partial charge on any atom is 0.219 e. The second-order valence-corrected chi connectivity index (χ2v) is 5.48. The number of thiophene rings is 1. The van der Waals surface area contributed by atoms with Gasteiger partial charge in [-0.15, -0.1) is 11.3 Å². The van der Waals surface area contributed by atoms with Gasteiger partial charge >= 0.3 is 0 Å². The zero-order chi connectivity index (χ0) is 12.0. The summed E-state index contributed by atoms with van der Waals surface area (Å²) in [5, 5.41) is 1.40. The summed E-state index contributed by atoms with van der Waals surface area (Å²) >= 11 is 7.77. The molecule has 1 aliphatic rings. The number of carbonyl (C=O) groups excluding carboxylic acids is 1. The van der Waals surface area contributed by atoms with E-state index in [9.17, 15) is 4.79 Å². The first kappa shape index (κ1) is 10.9. The highest BCUT2D eigenvalue weighted by Crippen LogP contribution is 2.36. The van der Waals surface area contributed by atoms with E-state index in [1.54, 1.807) is 18.3 Å². The minimum atomic E-state index is 0.1000. The van der Waals surface area contributed by atoms with Crippen LogP contribution in [0, 0.1) is 0 Å². The second-order valence-electron chi connectivity index (χ2n) is 4.04. The lowest BCUT2D eigenvalue weighted by atomic mass is 10.1. The molecule has 0 saturated heterocycles. The average Bonchev–Trinajstić information content (AvgIpc) is 2.67. The van der Waals surface area contributed by atoms with Crippen molar-refractivity contribution in [3.05, 3.63) is 21.9 Å². The van der Waals surface area contributed by atoms with Crippen LogP contribution in [0.4, 0.5) is 0 Å². The van der Waals surface area contributed by atoms with Crippen LogP contribution in [0.15, 0.2) is 6.33 Å². The van der Waals surface area contributed by atoms with Crippen molar-refractivity contribution >= 4 is 39.1 Å². The molecule has 6 heteroatoms. The number of aromatic nitrogens is 2. The average molecular weight is 268 g/mol. The van der Waals surface area contributed by atoms with Gasteiger partial charge in [-0.1, -0.05) is 11.6 Å². The summed E-state index contributed by atoms with van der Waals surface area (Å²) in [4.78, 5) is 23.7. The van der Waals surface area contributed by atoms with Crippen LogP contribution in [0.1, 0.15) is 17.4 Å². The second kappa shape index (κ2) is 3.92. The normalized spacial score (nSPS) is 15.1. The van der Waals surface area contributed by atoms with E-state index in [0.717, 1.165) is 28.7 Å². The number of rotatable bonds is 0. The monoisotopic (exact) mass is 267 g/mol. The molecule has 88 valence electrons. The zero-order valence-electron chi connectivity index (χ0n) is 9.23. The highest BCUT2D eigenvalue weighted by atomic mass is 35.5. The first-order valence-electron chi connectivity index (χ1n) is 5.33. The van der Waals surface area contributed by atoms with Crippen LogP contribution < -0.4 is 0 Å². The zero-order valence-corrected chi connectivity index (χ0v) is 10.8. The predicted molar refractivity (Wildman–Crippen MR) is 67.2 cm³/mol. The number of hydrogen-bond donors (Lipinski definition) is 0. The Kier molecular flexibility index (Phi) is 2.52. The molecule has 0 N–H and O–H groups in total. The standard InChI is InChI=1S/C11H10ClN3OS/c1-6(16)15-3-2-8-7(4-15)9-10(12)13-5-14-11(9)17-8/h5H,2-4H2,1H3. The van der Waals surface area contributed by atoms with Gasteiger partial charge < -0.3 is 4.90 Å². The van der Waals surface area contributed by atoms with E-state index < -0.39 is 0 Å². The molecule has 0 radical (unpaired) electrons. The van der Waals surface area contributed by atoms with E-state index in [1.807, 2.05) is 4.90 Å². The van der Waals surface area contributed by atoms with Gasteiger partial charge in [0, 0.05) is 24.9 Å². The Morgan fingerprint density at radius 2 is 2.35 bits per heavy atom. The fraction of sp³-hybridized carbons (Fsp3) is 0.364. The lowest BCUT2D eigenvalue weighted by molar-refractivity contribution is -0.129. The SMILES string of the molecule is CC(=O)N1CCc2sc3ncnc(Cl)c3c2C1. The van der Waals surface area contributed by atoms with Crippen molar-refractivity contribution < 1.29 is 4.79 Å². The topological polar surface area (TPSA) is 46.1 Å². The highest BCUT2D eigenvalue weighted by molar-refractivity contribution is 7.19. The van der Waals surface area contributed by atoms with Crippen molar-refractivity contribution in [2.24, 2.45) is 0 Å². The highest BCUT2D eigenvalue weighted by Gasteiger charge is 2.24. The Labute approximate surface area is 107 Å². The van der Waals surface area contributed by atoms with E-state index in [4.69, 9.17) is 11.6 Å². The van der Waals surface area contributed by atoms with Crippen molar-refractivity contribution in [2.75, 3.05) is 6.54 Å². The summed E-state index contributed by atoms with van der Waals surface area (Å²) in [6, 6.07) is 0. The van der Waals surface area contributed by atoms with E-state index in [2.05, 4.69) is 9.97 Å². The molecular formula is C11H10ClN3OS. The Hall–Kier alpha value is -1.20. The van der Waals surface area contributed by atoms with Gasteiger partial charge in [-0.2, -0.15) is 0 Å². The number of hydrogen-bond acceptors (Lipinski definition) is 4. The molecule has 1 amide bonds. The van der Waals surface area contributed by atoms with Crippen molar-refractivity contribution in [3.8, 4) is 0 Å². The fourth-order valence-electron chi connectivity index (χ4n) is 2.14. The third-order valence-corrected chi connectivity index (χ3v) is 4.51. The third kappa shape index (κ3) is 1.70. The maximum absolute atomic E-state index is 11.4. The van der Waals surface area contributed by atoms with Gasteiger partial charge in [-0.25, -0.2) is 9.97 Å². The summed E-state index contributed by atoms with van der Waals surface area (Å²) in [5.74, 6) is 0.1000. The minimum absolute atomic E-state index is 0.1000. The molecule has 0 atom stereocenters. The summed E-state index contributed by atoms with van der Waals surface area (Å²) < 4.78 is 0. The van der Waals surface area contributed by atoms with Crippen LogP contribution in [-0.2, 0) is 17.8 Å². The van der Waals surface area contributed by atoms with Crippen LogP contribution in [0.3, 0.4) is 0 Å². The lowest BCUT2D eigenvalue weighted by Gasteiger charge is -2.25. The van der Waals surface area contributed by atoms with E-state index >= 15 is 0 Å². The number of halogens is 1. The molecule has 2 aromatic rings. The smallest absolute Gasteiger partial charge is 0.219 e. The molecule has 0 unspecified atom stereocenters. The van der Waals surface area contributed by atoms with Crippen molar-refractivity contribution in [2.45, 2.75) is 19.9 Å². The fourth-order valence-corrected chi connectivity index (χ4v) is 3.58. The van der Waals surface area contributed by atoms with Crippen LogP contribution in [0.5, 0.6) is 0 Å². The van der Waals surface area contributed by atoms with Crippen molar-refractivity contribution in [3.63, 3.8) is 0 Å². The van der Waals surface area contributed by atoms with E-state index in [1.165, 1.54) is 11.2 Å². The molecule has 3 heterocycles. The number of amides is 1. The summed E-state index contributed by atoms with van der Waals surface area (Å²) in [5.41, 5.74) is 1.12. The molecule has 17 heavy (non-hydrogen) atoms. The van der Waals surface area contributed by atoms with Gasteiger partial charge in [0.05, 0.1) is 5.39 Å². The van der Waals surface area contributed by atoms with Crippen LogP contribution >= 0.6 is 22.9 Å². The maximum atomic E-state index is 11.4. The molecule has 0 bridgehead atoms. The summed E-state index contributed by atoms with van der Waals surface area (Å²) in [6.45, 7) is 3.00. The van der Waals surface area contributed by atoms with Gasteiger partial charge in [0.1, 0.15) is 16.3 Å². The molecule has 0 aromatic carbocycles. The summed E-state index contributed by atoms with van der Waals surface area (Å²) in [7, 11) is 0. The molecular weight excluding hydrogens is 258 g/mol. The lowest BCUT2D eigenvalue weighted by Crippen LogP contribution is -2.33. The van der Waals surface area contributed by atoms with Gasteiger partial charge in [0.15, 0.2) is 0 Å². The largest absolute Gasteiger partial charge is 0.338 e. The van der Waals surface area contributed by atoms with Gasteiger partial charge in [-0.3, -0.25) is 4.79 Å². The molecule has 4 nitrogen and oxygen atoms in total. The summed E-state index contributed by atoms with van der Waals surface area (Å²) in [6.07, 6.45) is 2.36. The molecule has 0 aliphatic carbocycles. The van der Waals surface area contributed by atoms with E-state index in [0.29, 0.717) is 11.7 Å². The Bertz CT molecular complexity index is 610. The molecule has 0 fully saturated rings. The van der Waals surface area contributed by atoms with Crippen LogP contribution in [0.25, 0.3) is 10.2 Å². The van der Waals surface area contributed by atoms with Crippen LogP contribution in [0.2, 0.25) is 5.15 Å². The number of carbonyl (C=O) groups is 1. The molecule has 0 spiro atoms. The van der Waals surface area contributed by atoms with E-state index in [-0.39, 0.29) is 5.91 Å². The van der Waals surface area contributed by atoms with Gasteiger partial charge in [0.2, 0.25) is 5.91 Å². The third-order valence-electron chi connectivity index (χ3n) is 3.03. The van der Waals surface area contributed by atoms with Gasteiger partial charge in [-0.05, 0) is 12.0 Å². The van der Waals surface area contributed by atoms with Crippen molar-refractivity contribution in [1.82, 2.24) is 14.9 Å². The predicted octanol–water partition coefficient (Wildman–Crippen LogP) is 2.25. The number of fused-ring (bicyclic) bond motifs is 3. The number of nitrogens with zero attached hydrogens (tertiary/aromatic N) is 3. The Balaban J connectivity index is 2.17. The Morgan fingerprint density at radius 3 is 3.12 bits per heavy atom. The molecule has 2 aromatic heterocycles. The minimum Gasteiger partial charge on any atom is -0.338 e. The molecule has 0 saturated carbocycles. The quantitative estimate of drug-likeness (QED) is 0.688. The molecule has 1 aliphatic heterocycles. The van der Waals surface area contributed by atoms with Crippen molar-refractivity contribution in [1.29, 1.82) is 0 Å². The van der Waals surface area contributed by atoms with Crippen LogP contribution in [-0.4, -0.2) is 27.3 Å². The van der Waals surface area contributed by atoms with Gasteiger partial charge in [0.25, 0.3) is 0 Å².